The van der Waals surface area contributed by atoms with Gasteiger partial charge in [-0.2, -0.15) is 5.11 Å². The summed E-state index contributed by atoms with van der Waals surface area (Å²) in [5.41, 5.74) is 0. The summed E-state index contributed by atoms with van der Waals surface area (Å²) in [5, 5.41) is 10.3. The fourth-order valence-corrected chi connectivity index (χ4v) is 0.416. The summed E-state index contributed by atoms with van der Waals surface area (Å²) in [5.74, 6) is 0. The summed E-state index contributed by atoms with van der Waals surface area (Å²) in [6.07, 6.45) is 1.32. The van der Waals surface area contributed by atoms with Gasteiger partial charge in [-0.05, 0) is 12.2 Å². The molecular formula is C3H4N4S. The van der Waals surface area contributed by atoms with E-state index in [0.717, 1.165) is 0 Å². The first-order valence-electron chi connectivity index (χ1n) is 2.06. The fourth-order valence-electron chi connectivity index (χ4n) is 0.304. The molecule has 1 rings (SSSR count). The minimum atomic E-state index is 0.429. The third-order valence-electron chi connectivity index (χ3n) is 0.609. The lowest BCUT2D eigenvalue weighted by Crippen LogP contribution is -2.17. The van der Waals surface area contributed by atoms with Crippen LogP contribution in [-0.2, 0) is 0 Å². The lowest BCUT2D eigenvalue weighted by Gasteiger charge is -1.90. The maximum absolute atomic E-state index is 4.66. The van der Waals surface area contributed by atoms with Crippen molar-refractivity contribution in [1.82, 2.24) is 5.32 Å². The van der Waals surface area contributed by atoms with Gasteiger partial charge in [0.2, 0.25) is 0 Å². The van der Waals surface area contributed by atoms with E-state index in [0.29, 0.717) is 11.8 Å². The van der Waals surface area contributed by atoms with E-state index < -0.39 is 0 Å². The van der Waals surface area contributed by atoms with Crippen molar-refractivity contribution in [3.05, 3.63) is 0 Å². The maximum atomic E-state index is 4.66. The monoisotopic (exact) mass is 128 g/mol. The van der Waals surface area contributed by atoms with Crippen LogP contribution in [0, 0.1) is 0 Å². The first-order valence-corrected chi connectivity index (χ1v) is 2.47. The molecule has 1 aliphatic rings. The van der Waals surface area contributed by atoms with Crippen LogP contribution in [0.3, 0.4) is 0 Å². The van der Waals surface area contributed by atoms with Crippen LogP contribution < -0.4 is 5.32 Å². The molecule has 0 bridgehead atoms. The highest BCUT2D eigenvalue weighted by molar-refractivity contribution is 7.80. The van der Waals surface area contributed by atoms with Crippen molar-refractivity contribution in [3.8, 4) is 0 Å². The molecule has 0 spiro atoms. The van der Waals surface area contributed by atoms with Crippen LogP contribution in [0.1, 0.15) is 0 Å². The molecule has 5 heteroatoms. The second-order valence-electron chi connectivity index (χ2n) is 1.14. The molecule has 4 nitrogen and oxygen atoms in total. The third kappa shape index (κ3) is 1.34. The molecular weight excluding hydrogens is 124 g/mol. The van der Waals surface area contributed by atoms with Crippen LogP contribution in [0.5, 0.6) is 0 Å². The molecule has 0 aliphatic carbocycles. The van der Waals surface area contributed by atoms with Crippen LogP contribution >= 0.6 is 12.2 Å². The highest BCUT2D eigenvalue weighted by atomic mass is 32.1. The van der Waals surface area contributed by atoms with E-state index in [4.69, 9.17) is 0 Å². The number of azo groups is 1. The summed E-state index contributed by atoms with van der Waals surface area (Å²) in [7, 11) is 0. The Morgan fingerprint density at radius 1 is 1.75 bits per heavy atom. The highest BCUT2D eigenvalue weighted by Crippen LogP contribution is 1.80. The van der Waals surface area contributed by atoms with Crippen molar-refractivity contribution < 1.29 is 0 Å². The van der Waals surface area contributed by atoms with Gasteiger partial charge in [0.1, 0.15) is 13.0 Å². The molecule has 0 aromatic carbocycles. The Morgan fingerprint density at radius 3 is 3.50 bits per heavy atom. The summed E-state index contributed by atoms with van der Waals surface area (Å²) < 4.78 is 0. The molecule has 1 heterocycles. The van der Waals surface area contributed by atoms with Crippen molar-refractivity contribution in [2.24, 2.45) is 15.2 Å². The molecule has 0 saturated carbocycles. The quantitative estimate of drug-likeness (QED) is 0.477. The highest BCUT2D eigenvalue weighted by Gasteiger charge is 1.89. The summed E-state index contributed by atoms with van der Waals surface area (Å²) in [6.45, 7) is 0.429. The van der Waals surface area contributed by atoms with Crippen LogP contribution in [0.2, 0.25) is 0 Å². The number of nitrogens with zero attached hydrogens (tertiary/aromatic N) is 3. The van der Waals surface area contributed by atoms with Crippen molar-refractivity contribution in [1.29, 1.82) is 0 Å². The smallest absolute Gasteiger partial charge is 0.195 e. The zero-order valence-electron chi connectivity index (χ0n) is 4.03. The van der Waals surface area contributed by atoms with E-state index in [1.54, 1.807) is 0 Å². The third-order valence-corrected chi connectivity index (χ3v) is 0.859. The zero-order valence-corrected chi connectivity index (χ0v) is 4.85. The lowest BCUT2D eigenvalue weighted by atomic mass is 11.0. The van der Waals surface area contributed by atoms with E-state index in [9.17, 15) is 0 Å². The van der Waals surface area contributed by atoms with Gasteiger partial charge in [-0.15, -0.1) is 5.11 Å². The SMILES string of the molecule is S=C1N=CN=NCN1. The van der Waals surface area contributed by atoms with E-state index in [1.165, 1.54) is 6.34 Å². The van der Waals surface area contributed by atoms with E-state index >= 15 is 0 Å². The normalized spacial score (nSPS) is 17.8. The van der Waals surface area contributed by atoms with Gasteiger partial charge in [0.15, 0.2) is 5.11 Å². The summed E-state index contributed by atoms with van der Waals surface area (Å²) >= 11 is 4.66. The summed E-state index contributed by atoms with van der Waals surface area (Å²) in [6, 6.07) is 0. The predicted octanol–water partition coefficient (Wildman–Crippen LogP) is 0.312. The zero-order chi connectivity index (χ0) is 5.82. The Labute approximate surface area is 51.7 Å². The molecule has 0 aromatic heterocycles. The predicted molar refractivity (Wildman–Crippen MR) is 33.9 cm³/mol. The van der Waals surface area contributed by atoms with Gasteiger partial charge in [-0.25, -0.2) is 4.99 Å². The van der Waals surface area contributed by atoms with Gasteiger partial charge >= 0.3 is 0 Å². The lowest BCUT2D eigenvalue weighted by molar-refractivity contribution is 0.893. The Morgan fingerprint density at radius 2 is 2.62 bits per heavy atom. The molecule has 0 saturated heterocycles. The Kier molecular flexibility index (Phi) is 1.63. The maximum Gasteiger partial charge on any atom is 0.195 e. The first-order chi connectivity index (χ1) is 3.89. The largest absolute Gasteiger partial charge is 0.340 e. The Hall–Kier alpha value is -0.840. The molecule has 1 aliphatic heterocycles. The van der Waals surface area contributed by atoms with Crippen molar-refractivity contribution in [2.75, 3.05) is 6.67 Å². The van der Waals surface area contributed by atoms with Gasteiger partial charge in [0.25, 0.3) is 0 Å². The Bertz CT molecular complexity index is 149. The molecule has 0 unspecified atom stereocenters. The van der Waals surface area contributed by atoms with Gasteiger partial charge in [0, 0.05) is 0 Å². The number of rotatable bonds is 0. The minimum absolute atomic E-state index is 0.429. The van der Waals surface area contributed by atoms with Gasteiger partial charge in [-0.1, -0.05) is 0 Å². The molecule has 0 fully saturated rings. The van der Waals surface area contributed by atoms with Gasteiger partial charge < -0.3 is 5.32 Å². The molecule has 42 valence electrons. The number of hydrogen-bond donors (Lipinski definition) is 1. The molecule has 0 amide bonds. The number of nitrogens with one attached hydrogen (secondary N) is 1. The van der Waals surface area contributed by atoms with Gasteiger partial charge in [-0.3, -0.25) is 0 Å². The van der Waals surface area contributed by atoms with Crippen LogP contribution in [0.4, 0.5) is 0 Å². The average Bonchev–Trinajstić information content (AvgIpc) is 1.94. The number of thiocarbonyl (C=S) groups is 1. The van der Waals surface area contributed by atoms with E-state index in [-0.39, 0.29) is 0 Å². The standard InChI is InChI=1S/C3H4N4S/c8-3-4-1-6-7-2-5-3/h1H,2H2,(H,5,8). The second kappa shape index (κ2) is 2.46. The molecule has 0 aromatic rings. The molecule has 1 N–H and O–H groups in total. The van der Waals surface area contributed by atoms with Crippen molar-refractivity contribution in [2.45, 2.75) is 0 Å². The van der Waals surface area contributed by atoms with E-state index in [2.05, 4.69) is 32.8 Å². The average molecular weight is 128 g/mol. The van der Waals surface area contributed by atoms with Crippen molar-refractivity contribution >= 4 is 23.7 Å². The Balaban J connectivity index is 2.58. The second-order valence-corrected chi connectivity index (χ2v) is 1.53. The molecule has 0 atom stereocenters. The van der Waals surface area contributed by atoms with Crippen LogP contribution in [-0.4, -0.2) is 18.1 Å². The van der Waals surface area contributed by atoms with Crippen molar-refractivity contribution in [3.63, 3.8) is 0 Å². The molecule has 0 radical (unpaired) electrons. The van der Waals surface area contributed by atoms with Crippen LogP contribution in [0.15, 0.2) is 15.2 Å². The summed E-state index contributed by atoms with van der Waals surface area (Å²) in [4.78, 5) is 3.66. The minimum Gasteiger partial charge on any atom is -0.340 e. The molecule has 8 heavy (non-hydrogen) atoms. The fraction of sp³-hybridized carbons (Fsp3) is 0.333. The number of aliphatic imine (C=N–C) groups is 1. The van der Waals surface area contributed by atoms with Crippen LogP contribution in [0.25, 0.3) is 0 Å². The van der Waals surface area contributed by atoms with E-state index in [1.807, 2.05) is 0 Å². The number of hydrogen-bond acceptors (Lipinski definition) is 3. The first kappa shape index (κ1) is 5.30. The van der Waals surface area contributed by atoms with Gasteiger partial charge in [0.05, 0.1) is 0 Å². The topological polar surface area (TPSA) is 49.1 Å².